The van der Waals surface area contributed by atoms with Crippen LogP contribution in [-0.2, 0) is 6.18 Å². The quantitative estimate of drug-likeness (QED) is 0.597. The van der Waals surface area contributed by atoms with Crippen molar-refractivity contribution in [3.8, 4) is 0 Å². The number of rotatable bonds is 0. The monoisotopic (exact) mass is 204 g/mol. The van der Waals surface area contributed by atoms with Gasteiger partial charge in [-0.2, -0.15) is 13.2 Å². The Hall–Kier alpha value is -1.52. The molecule has 0 saturated carbocycles. The van der Waals surface area contributed by atoms with Crippen molar-refractivity contribution in [3.63, 3.8) is 0 Å². The average Bonchev–Trinajstić information content (AvgIpc) is 2.50. The highest BCUT2D eigenvalue weighted by Gasteiger charge is 2.31. The Labute approximate surface area is 75.9 Å². The van der Waals surface area contributed by atoms with Crippen LogP contribution in [0.4, 0.5) is 17.6 Å². The lowest BCUT2D eigenvalue weighted by Crippen LogP contribution is -2.04. The van der Waals surface area contributed by atoms with Gasteiger partial charge in [0.25, 0.3) is 0 Å². The van der Waals surface area contributed by atoms with E-state index in [4.69, 9.17) is 4.42 Å². The second-order valence-electron chi connectivity index (χ2n) is 2.79. The van der Waals surface area contributed by atoms with Crippen LogP contribution in [0.2, 0.25) is 0 Å². The van der Waals surface area contributed by atoms with E-state index in [0.29, 0.717) is 6.07 Å². The highest BCUT2D eigenvalue weighted by atomic mass is 19.4. The van der Waals surface area contributed by atoms with Crippen molar-refractivity contribution in [2.24, 2.45) is 0 Å². The van der Waals surface area contributed by atoms with Gasteiger partial charge in [-0.3, -0.25) is 0 Å². The zero-order valence-electron chi connectivity index (χ0n) is 6.73. The molecule has 0 N–H and O–H groups in total. The van der Waals surface area contributed by atoms with E-state index in [2.05, 4.69) is 0 Å². The molecule has 1 aromatic carbocycles. The summed E-state index contributed by atoms with van der Waals surface area (Å²) in [5, 5.41) is 0.0537. The molecule has 5 heteroatoms. The summed E-state index contributed by atoms with van der Waals surface area (Å²) in [6.07, 6.45) is -3.41. The third kappa shape index (κ3) is 1.34. The summed E-state index contributed by atoms with van der Waals surface area (Å²) < 4.78 is 54.3. The number of halogens is 4. The fraction of sp³-hybridized carbons (Fsp3) is 0.111. The maximum atomic E-state index is 13.1. The van der Waals surface area contributed by atoms with Gasteiger partial charge in [0, 0.05) is 0 Å². The molecule has 0 radical (unpaired) electrons. The van der Waals surface area contributed by atoms with Crippen LogP contribution in [0.5, 0.6) is 0 Å². The molecule has 0 aliphatic rings. The molecule has 2 rings (SSSR count). The summed E-state index contributed by atoms with van der Waals surface area (Å²) in [7, 11) is 0. The van der Waals surface area contributed by atoms with E-state index in [1.54, 1.807) is 0 Å². The lowest BCUT2D eigenvalue weighted by Gasteiger charge is -2.05. The molecule has 14 heavy (non-hydrogen) atoms. The number of hydrogen-bond acceptors (Lipinski definition) is 1. The molecule has 0 bridgehead atoms. The SMILES string of the molecule is Fc1cc(C(F)(F)F)cc2occc12. The Morgan fingerprint density at radius 3 is 2.50 bits per heavy atom. The van der Waals surface area contributed by atoms with Crippen LogP contribution in [0.15, 0.2) is 28.9 Å². The predicted octanol–water partition coefficient (Wildman–Crippen LogP) is 3.59. The van der Waals surface area contributed by atoms with E-state index in [1.165, 1.54) is 6.07 Å². The van der Waals surface area contributed by atoms with E-state index in [-0.39, 0.29) is 11.0 Å². The van der Waals surface area contributed by atoms with E-state index >= 15 is 0 Å². The number of fused-ring (bicyclic) bond motifs is 1. The van der Waals surface area contributed by atoms with Crippen molar-refractivity contribution < 1.29 is 22.0 Å². The van der Waals surface area contributed by atoms with Crippen molar-refractivity contribution >= 4 is 11.0 Å². The third-order valence-electron chi connectivity index (χ3n) is 1.85. The second-order valence-corrected chi connectivity index (χ2v) is 2.79. The lowest BCUT2D eigenvalue weighted by molar-refractivity contribution is -0.137. The van der Waals surface area contributed by atoms with Crippen LogP contribution in [0.3, 0.4) is 0 Å². The second kappa shape index (κ2) is 2.73. The molecule has 1 heterocycles. The van der Waals surface area contributed by atoms with Gasteiger partial charge >= 0.3 is 6.18 Å². The zero-order valence-corrected chi connectivity index (χ0v) is 6.73. The minimum Gasteiger partial charge on any atom is -0.464 e. The summed E-state index contributed by atoms with van der Waals surface area (Å²) in [5.41, 5.74) is -1.14. The molecular formula is C9H4F4O. The van der Waals surface area contributed by atoms with E-state index in [1.807, 2.05) is 0 Å². The van der Waals surface area contributed by atoms with E-state index in [9.17, 15) is 17.6 Å². The van der Waals surface area contributed by atoms with Gasteiger partial charge in [-0.05, 0) is 18.2 Å². The Morgan fingerprint density at radius 2 is 1.86 bits per heavy atom. The van der Waals surface area contributed by atoms with Gasteiger partial charge < -0.3 is 4.42 Å². The molecule has 0 fully saturated rings. The fourth-order valence-electron chi connectivity index (χ4n) is 1.19. The number of benzene rings is 1. The minimum atomic E-state index is -4.55. The highest BCUT2D eigenvalue weighted by molar-refractivity contribution is 5.78. The normalized spacial score (nSPS) is 12.3. The van der Waals surface area contributed by atoms with Crippen molar-refractivity contribution in [3.05, 3.63) is 35.8 Å². The Balaban J connectivity index is 2.70. The summed E-state index contributed by atoms with van der Waals surface area (Å²) in [5.74, 6) is -0.927. The van der Waals surface area contributed by atoms with Crippen LogP contribution < -0.4 is 0 Å². The van der Waals surface area contributed by atoms with Gasteiger partial charge in [0.15, 0.2) is 0 Å². The molecule has 0 saturated heterocycles. The molecule has 0 aliphatic carbocycles. The van der Waals surface area contributed by atoms with Crippen molar-refractivity contribution in [1.82, 2.24) is 0 Å². The van der Waals surface area contributed by atoms with Crippen molar-refractivity contribution in [1.29, 1.82) is 0 Å². The predicted molar refractivity (Wildman–Crippen MR) is 41.2 cm³/mol. The first kappa shape index (κ1) is 9.05. The first-order valence-corrected chi connectivity index (χ1v) is 3.72. The number of hydrogen-bond donors (Lipinski definition) is 0. The van der Waals surface area contributed by atoms with Gasteiger partial charge in [-0.25, -0.2) is 4.39 Å². The van der Waals surface area contributed by atoms with Gasteiger partial charge in [0.05, 0.1) is 17.2 Å². The Morgan fingerprint density at radius 1 is 1.14 bits per heavy atom. The van der Waals surface area contributed by atoms with Gasteiger partial charge in [-0.1, -0.05) is 0 Å². The average molecular weight is 204 g/mol. The summed E-state index contributed by atoms with van der Waals surface area (Å²) in [6, 6.07) is 2.51. The third-order valence-corrected chi connectivity index (χ3v) is 1.85. The van der Waals surface area contributed by atoms with E-state index in [0.717, 1.165) is 12.3 Å². The maximum Gasteiger partial charge on any atom is 0.416 e. The molecule has 0 aliphatic heterocycles. The summed E-state index contributed by atoms with van der Waals surface area (Å²) in [6.45, 7) is 0. The van der Waals surface area contributed by atoms with Crippen LogP contribution >= 0.6 is 0 Å². The van der Waals surface area contributed by atoms with E-state index < -0.39 is 17.6 Å². The zero-order chi connectivity index (χ0) is 10.3. The largest absolute Gasteiger partial charge is 0.464 e. The van der Waals surface area contributed by atoms with Gasteiger partial charge in [-0.15, -0.1) is 0 Å². The van der Waals surface area contributed by atoms with Gasteiger partial charge in [0.1, 0.15) is 11.4 Å². The molecule has 1 nitrogen and oxygen atoms in total. The topological polar surface area (TPSA) is 13.1 Å². The molecule has 0 spiro atoms. The molecule has 74 valence electrons. The van der Waals surface area contributed by atoms with Crippen LogP contribution in [0, 0.1) is 5.82 Å². The summed E-state index contributed by atoms with van der Waals surface area (Å²) >= 11 is 0. The summed E-state index contributed by atoms with van der Waals surface area (Å²) in [4.78, 5) is 0. The lowest BCUT2D eigenvalue weighted by atomic mass is 10.1. The minimum absolute atomic E-state index is 0.0537. The first-order chi connectivity index (χ1) is 6.48. The molecule has 0 unspecified atom stereocenters. The first-order valence-electron chi connectivity index (χ1n) is 3.72. The smallest absolute Gasteiger partial charge is 0.416 e. The molecule has 2 aromatic rings. The maximum absolute atomic E-state index is 13.1. The number of alkyl halides is 3. The molecular weight excluding hydrogens is 200 g/mol. The Bertz CT molecular complexity index is 469. The molecule has 0 atom stereocenters. The standard InChI is InChI=1S/C9H4F4O/c10-7-3-5(9(11,12)13)4-8-6(7)1-2-14-8/h1-4H. The highest BCUT2D eigenvalue weighted by Crippen LogP contribution is 2.32. The van der Waals surface area contributed by atoms with Crippen molar-refractivity contribution in [2.45, 2.75) is 6.18 Å². The van der Waals surface area contributed by atoms with Crippen LogP contribution in [0.25, 0.3) is 11.0 Å². The molecule has 1 aromatic heterocycles. The van der Waals surface area contributed by atoms with Crippen LogP contribution in [0.1, 0.15) is 5.56 Å². The molecule has 0 amide bonds. The van der Waals surface area contributed by atoms with Crippen molar-refractivity contribution in [2.75, 3.05) is 0 Å². The Kier molecular flexibility index (Phi) is 1.77. The van der Waals surface area contributed by atoms with Crippen LogP contribution in [-0.4, -0.2) is 0 Å². The number of furan rings is 1. The van der Waals surface area contributed by atoms with Gasteiger partial charge in [0.2, 0.25) is 0 Å². The fourth-order valence-corrected chi connectivity index (χ4v) is 1.19.